The van der Waals surface area contributed by atoms with E-state index in [9.17, 15) is 9.59 Å². The molecule has 1 aromatic carbocycles. The van der Waals surface area contributed by atoms with Crippen molar-refractivity contribution in [3.05, 3.63) is 23.8 Å². The minimum atomic E-state index is -0.897. The average molecular weight is 347 g/mol. The van der Waals surface area contributed by atoms with Crippen molar-refractivity contribution in [3.63, 3.8) is 0 Å². The van der Waals surface area contributed by atoms with Gasteiger partial charge >= 0.3 is 11.9 Å². The van der Waals surface area contributed by atoms with E-state index in [0.29, 0.717) is 5.92 Å². The second kappa shape index (κ2) is 7.33. The molecule has 0 aromatic heterocycles. The summed E-state index contributed by atoms with van der Waals surface area (Å²) in [4.78, 5) is 24.4. The zero-order valence-corrected chi connectivity index (χ0v) is 14.9. The second-order valence-electron chi connectivity index (χ2n) is 6.61. The molecule has 25 heavy (non-hydrogen) atoms. The first-order valence-corrected chi connectivity index (χ1v) is 8.86. The van der Waals surface area contributed by atoms with Crippen molar-refractivity contribution in [2.45, 2.75) is 51.2 Å². The normalized spacial score (nSPS) is 25.2. The number of esters is 2. The third kappa shape index (κ3) is 3.43. The first kappa shape index (κ1) is 17.6. The maximum absolute atomic E-state index is 12.7. The van der Waals surface area contributed by atoms with Gasteiger partial charge in [0.15, 0.2) is 6.10 Å². The summed E-state index contributed by atoms with van der Waals surface area (Å²) in [6, 6.07) is 5.43. The highest BCUT2D eigenvalue weighted by Gasteiger charge is 2.44. The number of rotatable bonds is 5. The van der Waals surface area contributed by atoms with Gasteiger partial charge < -0.3 is 19.5 Å². The van der Waals surface area contributed by atoms with Crippen molar-refractivity contribution in [1.82, 2.24) is 0 Å². The Morgan fingerprint density at radius 2 is 2.12 bits per heavy atom. The number of carbonyl (C=O) groups excluding carboxylic acids is 2. The predicted octanol–water partition coefficient (Wildman–Crippen LogP) is 2.87. The van der Waals surface area contributed by atoms with Gasteiger partial charge in [-0.2, -0.15) is 0 Å². The van der Waals surface area contributed by atoms with Gasteiger partial charge in [0.25, 0.3) is 0 Å². The van der Waals surface area contributed by atoms with E-state index in [0.717, 1.165) is 30.7 Å². The smallest absolute Gasteiger partial charge is 0.347 e. The van der Waals surface area contributed by atoms with Crippen LogP contribution in [0.3, 0.4) is 0 Å². The van der Waals surface area contributed by atoms with Gasteiger partial charge in [-0.15, -0.1) is 0 Å². The van der Waals surface area contributed by atoms with Crippen LogP contribution in [0.25, 0.3) is 0 Å². The third-order valence-corrected chi connectivity index (χ3v) is 5.13. The van der Waals surface area contributed by atoms with E-state index in [2.05, 4.69) is 5.32 Å². The van der Waals surface area contributed by atoms with Crippen LogP contribution in [0.1, 0.15) is 44.6 Å². The summed E-state index contributed by atoms with van der Waals surface area (Å²) < 4.78 is 15.6. The summed E-state index contributed by atoms with van der Waals surface area (Å²) in [5.74, 6) is 0.394. The quantitative estimate of drug-likeness (QED) is 0.826. The Morgan fingerprint density at radius 3 is 2.84 bits per heavy atom. The van der Waals surface area contributed by atoms with Crippen molar-refractivity contribution in [1.29, 1.82) is 0 Å². The van der Waals surface area contributed by atoms with E-state index < -0.39 is 18.1 Å². The number of fused-ring (bicyclic) bond motifs is 3. The maximum atomic E-state index is 12.7. The van der Waals surface area contributed by atoms with E-state index in [1.807, 2.05) is 18.2 Å². The molecule has 1 aliphatic carbocycles. The Labute approximate surface area is 147 Å². The molecule has 0 spiro atoms. The van der Waals surface area contributed by atoms with E-state index in [1.54, 1.807) is 21.0 Å². The molecule has 4 atom stereocenters. The van der Waals surface area contributed by atoms with Crippen LogP contribution in [0.2, 0.25) is 0 Å². The minimum absolute atomic E-state index is 0.168. The zero-order valence-electron chi connectivity index (χ0n) is 14.9. The van der Waals surface area contributed by atoms with E-state index in [1.165, 1.54) is 5.56 Å². The van der Waals surface area contributed by atoms with E-state index >= 15 is 0 Å². The van der Waals surface area contributed by atoms with Gasteiger partial charge in [-0.3, -0.25) is 0 Å². The molecule has 1 aliphatic heterocycles. The van der Waals surface area contributed by atoms with E-state index in [4.69, 9.17) is 14.2 Å². The number of hydrogen-bond donors (Lipinski definition) is 1. The standard InChI is InChI=1S/C19H25NO5/c1-4-24-18(21)11(2)25-19(22)17-14-7-5-6-13(14)15-10-12(23-3)8-9-16(15)20-17/h8-11,13-14,17,20H,4-7H2,1-3H3/t11-,13-,14+,17-/m0/s1. The van der Waals surface area contributed by atoms with Crippen molar-refractivity contribution >= 4 is 17.6 Å². The first-order valence-electron chi connectivity index (χ1n) is 8.86. The van der Waals surface area contributed by atoms with Crippen molar-refractivity contribution in [2.75, 3.05) is 19.0 Å². The second-order valence-corrected chi connectivity index (χ2v) is 6.61. The number of anilines is 1. The summed E-state index contributed by atoms with van der Waals surface area (Å²) in [5.41, 5.74) is 2.14. The molecule has 1 aromatic rings. The number of hydrogen-bond acceptors (Lipinski definition) is 6. The average Bonchev–Trinajstić information content (AvgIpc) is 3.10. The molecule has 0 radical (unpaired) electrons. The summed E-state index contributed by atoms with van der Waals surface area (Å²) in [5, 5.41) is 3.31. The molecule has 0 unspecified atom stereocenters. The zero-order chi connectivity index (χ0) is 18.0. The fourth-order valence-electron chi connectivity index (χ4n) is 3.94. The lowest BCUT2D eigenvalue weighted by molar-refractivity contribution is -0.167. The van der Waals surface area contributed by atoms with E-state index in [-0.39, 0.29) is 18.5 Å². The van der Waals surface area contributed by atoms with Crippen molar-refractivity contribution in [3.8, 4) is 5.75 Å². The SMILES string of the molecule is CCOC(=O)[C@H](C)OC(=O)[C@H]1Nc2ccc(OC)cc2[C@H]2CCC[C@@H]12. The van der Waals surface area contributed by atoms with Crippen LogP contribution < -0.4 is 10.1 Å². The highest BCUT2D eigenvalue weighted by atomic mass is 16.6. The van der Waals surface area contributed by atoms with Gasteiger partial charge in [0.1, 0.15) is 11.8 Å². The Kier molecular flexibility index (Phi) is 5.16. The number of methoxy groups -OCH3 is 1. The highest BCUT2D eigenvalue weighted by molar-refractivity contribution is 5.85. The number of carbonyl (C=O) groups is 2. The number of ether oxygens (including phenoxy) is 3. The van der Waals surface area contributed by atoms with Gasteiger partial charge in [-0.25, -0.2) is 9.59 Å². The summed E-state index contributed by atoms with van der Waals surface area (Å²) >= 11 is 0. The Morgan fingerprint density at radius 1 is 1.32 bits per heavy atom. The fraction of sp³-hybridized carbons (Fsp3) is 0.579. The topological polar surface area (TPSA) is 73.9 Å². The first-order chi connectivity index (χ1) is 12.0. The van der Waals surface area contributed by atoms with Crippen molar-refractivity contribution < 1.29 is 23.8 Å². The predicted molar refractivity (Wildman–Crippen MR) is 92.7 cm³/mol. The molecule has 0 amide bonds. The lowest BCUT2D eigenvalue weighted by Crippen LogP contribution is -2.44. The minimum Gasteiger partial charge on any atom is -0.497 e. The Hall–Kier alpha value is -2.24. The maximum Gasteiger partial charge on any atom is 0.347 e. The Balaban J connectivity index is 1.78. The molecule has 1 saturated carbocycles. The van der Waals surface area contributed by atoms with Gasteiger partial charge in [0, 0.05) is 5.69 Å². The lowest BCUT2D eigenvalue weighted by atomic mass is 9.79. The van der Waals surface area contributed by atoms with Crippen LogP contribution in [0.15, 0.2) is 18.2 Å². The summed E-state index contributed by atoms with van der Waals surface area (Å²) in [7, 11) is 1.65. The molecule has 6 nitrogen and oxygen atoms in total. The summed E-state index contributed by atoms with van der Waals surface area (Å²) in [6.45, 7) is 3.54. The molecular formula is C19H25NO5. The molecule has 1 heterocycles. The van der Waals surface area contributed by atoms with Crippen molar-refractivity contribution in [2.24, 2.45) is 5.92 Å². The third-order valence-electron chi connectivity index (χ3n) is 5.13. The molecule has 6 heteroatoms. The van der Waals surface area contributed by atoms with Crippen LogP contribution in [0.5, 0.6) is 5.75 Å². The molecule has 1 N–H and O–H groups in total. The Bertz CT molecular complexity index is 659. The van der Waals surface area contributed by atoms with Crippen LogP contribution in [0, 0.1) is 5.92 Å². The molecule has 0 bridgehead atoms. The van der Waals surface area contributed by atoms with Crippen LogP contribution >= 0.6 is 0 Å². The van der Waals surface area contributed by atoms with Crippen LogP contribution in [-0.4, -0.2) is 37.8 Å². The van der Waals surface area contributed by atoms with Gasteiger partial charge in [-0.05, 0) is 62.3 Å². The number of benzene rings is 1. The molecule has 3 rings (SSSR count). The molecule has 1 fully saturated rings. The van der Waals surface area contributed by atoms with Gasteiger partial charge in [0.05, 0.1) is 13.7 Å². The number of nitrogens with one attached hydrogen (secondary N) is 1. The molecule has 136 valence electrons. The fourth-order valence-corrected chi connectivity index (χ4v) is 3.94. The lowest BCUT2D eigenvalue weighted by Gasteiger charge is -2.36. The van der Waals surface area contributed by atoms with Crippen LogP contribution in [0.4, 0.5) is 5.69 Å². The largest absolute Gasteiger partial charge is 0.497 e. The van der Waals surface area contributed by atoms with Crippen LogP contribution in [-0.2, 0) is 19.1 Å². The summed E-state index contributed by atoms with van der Waals surface area (Å²) in [6.07, 6.45) is 2.18. The monoisotopic (exact) mass is 347 g/mol. The van der Waals surface area contributed by atoms with Gasteiger partial charge in [0.2, 0.25) is 0 Å². The highest BCUT2D eigenvalue weighted by Crippen LogP contribution is 2.49. The van der Waals surface area contributed by atoms with Gasteiger partial charge in [-0.1, -0.05) is 6.42 Å². The molecule has 2 aliphatic rings. The molecular weight excluding hydrogens is 322 g/mol. The molecule has 0 saturated heterocycles.